The second kappa shape index (κ2) is 3.81. The minimum atomic E-state index is -0.502. The van der Waals surface area contributed by atoms with E-state index in [0.29, 0.717) is 5.69 Å². The molecule has 0 aliphatic carbocycles. The van der Waals surface area contributed by atoms with Gasteiger partial charge in [0.2, 0.25) is 0 Å². The normalized spacial score (nSPS) is 9.69. The molecule has 0 fully saturated rings. The van der Waals surface area contributed by atoms with Gasteiger partial charge >= 0.3 is 5.69 Å². The highest BCUT2D eigenvalue weighted by Crippen LogP contribution is 2.24. The van der Waals surface area contributed by atoms with Crippen molar-refractivity contribution in [1.82, 2.24) is 4.98 Å². The van der Waals surface area contributed by atoms with Crippen molar-refractivity contribution in [1.29, 1.82) is 0 Å². The first-order chi connectivity index (χ1) is 6.16. The fraction of sp³-hybridized carbons (Fsp3) is 0.286. The van der Waals surface area contributed by atoms with E-state index in [4.69, 9.17) is 4.84 Å². The van der Waals surface area contributed by atoms with E-state index in [1.807, 2.05) is 0 Å². The first-order valence-corrected chi connectivity index (χ1v) is 3.53. The first kappa shape index (κ1) is 9.40. The molecule has 0 saturated heterocycles. The molecule has 70 valence electrons. The van der Waals surface area contributed by atoms with Gasteiger partial charge in [0, 0.05) is 13.2 Å². The summed E-state index contributed by atoms with van der Waals surface area (Å²) in [5.74, 6) is 0. The highest BCUT2D eigenvalue weighted by Gasteiger charge is 2.16. The molecule has 6 nitrogen and oxygen atoms in total. The quantitative estimate of drug-likeness (QED) is 0.516. The lowest BCUT2D eigenvalue weighted by molar-refractivity contribution is -0.384. The first-order valence-electron chi connectivity index (χ1n) is 3.53. The Bertz CT molecular complexity index is 316. The second-order valence-corrected chi connectivity index (χ2v) is 2.30. The molecule has 1 aromatic heterocycles. The molecule has 1 heterocycles. The third-order valence-corrected chi connectivity index (χ3v) is 1.59. The fourth-order valence-corrected chi connectivity index (χ4v) is 0.884. The Balaban J connectivity index is 3.11. The van der Waals surface area contributed by atoms with Crippen molar-refractivity contribution in [3.63, 3.8) is 0 Å². The van der Waals surface area contributed by atoms with E-state index >= 15 is 0 Å². The second-order valence-electron chi connectivity index (χ2n) is 2.30. The highest BCUT2D eigenvalue weighted by molar-refractivity contribution is 5.59. The van der Waals surface area contributed by atoms with E-state index in [9.17, 15) is 10.1 Å². The maximum Gasteiger partial charge on any atom is 0.312 e. The Hall–Kier alpha value is -1.69. The lowest BCUT2D eigenvalue weighted by Gasteiger charge is -2.14. The van der Waals surface area contributed by atoms with Gasteiger partial charge in [-0.05, 0) is 6.07 Å². The molecular formula is C7H9N3O3. The lowest BCUT2D eigenvalue weighted by atomic mass is 10.3. The number of anilines is 1. The van der Waals surface area contributed by atoms with Gasteiger partial charge in [0.1, 0.15) is 11.9 Å². The van der Waals surface area contributed by atoms with Crippen molar-refractivity contribution in [2.75, 3.05) is 19.2 Å². The van der Waals surface area contributed by atoms with Crippen molar-refractivity contribution in [3.05, 3.63) is 28.6 Å². The Labute approximate surface area is 74.9 Å². The van der Waals surface area contributed by atoms with Crippen LogP contribution in [0.25, 0.3) is 0 Å². The van der Waals surface area contributed by atoms with Gasteiger partial charge in [-0.15, -0.1) is 0 Å². The summed E-state index contributed by atoms with van der Waals surface area (Å²) in [7, 11) is 3.02. The standard InChI is InChI=1S/C7H9N3O3/c1-9(13-2)6-3-4-8-5-7(6)10(11)12/h3-5H,1-2H3. The van der Waals surface area contributed by atoms with Gasteiger partial charge in [0.25, 0.3) is 0 Å². The van der Waals surface area contributed by atoms with Crippen LogP contribution in [0, 0.1) is 10.1 Å². The molecule has 0 saturated carbocycles. The monoisotopic (exact) mass is 183 g/mol. The zero-order valence-corrected chi connectivity index (χ0v) is 7.30. The van der Waals surface area contributed by atoms with Crippen molar-refractivity contribution in [3.8, 4) is 0 Å². The molecule has 0 bridgehead atoms. The molecule has 13 heavy (non-hydrogen) atoms. The van der Waals surface area contributed by atoms with E-state index in [2.05, 4.69) is 4.98 Å². The van der Waals surface area contributed by atoms with E-state index < -0.39 is 4.92 Å². The van der Waals surface area contributed by atoms with Crippen LogP contribution in [-0.2, 0) is 4.84 Å². The molecule has 0 unspecified atom stereocenters. The summed E-state index contributed by atoms with van der Waals surface area (Å²) in [6.45, 7) is 0. The molecule has 1 rings (SSSR count). The molecule has 0 atom stereocenters. The van der Waals surface area contributed by atoms with Crippen LogP contribution < -0.4 is 5.06 Å². The van der Waals surface area contributed by atoms with Crippen LogP contribution in [0.2, 0.25) is 0 Å². The number of hydrogen-bond donors (Lipinski definition) is 0. The van der Waals surface area contributed by atoms with Crippen molar-refractivity contribution in [2.45, 2.75) is 0 Å². The van der Waals surface area contributed by atoms with Crippen molar-refractivity contribution >= 4 is 11.4 Å². The largest absolute Gasteiger partial charge is 0.312 e. The fourth-order valence-electron chi connectivity index (χ4n) is 0.884. The Morgan fingerprint density at radius 2 is 2.38 bits per heavy atom. The van der Waals surface area contributed by atoms with Gasteiger partial charge < -0.3 is 0 Å². The molecule has 0 aromatic carbocycles. The highest BCUT2D eigenvalue weighted by atomic mass is 16.7. The van der Waals surface area contributed by atoms with Gasteiger partial charge in [-0.1, -0.05) is 0 Å². The smallest absolute Gasteiger partial charge is 0.277 e. The number of pyridine rings is 1. The number of hydroxylamine groups is 1. The number of hydrogen-bond acceptors (Lipinski definition) is 5. The van der Waals surface area contributed by atoms with Gasteiger partial charge in [-0.3, -0.25) is 25.0 Å². The minimum Gasteiger partial charge on any atom is -0.277 e. The van der Waals surface area contributed by atoms with Crippen LogP contribution in [0.15, 0.2) is 18.5 Å². The number of aromatic nitrogens is 1. The van der Waals surface area contributed by atoms with E-state index in [1.165, 1.54) is 30.6 Å². The van der Waals surface area contributed by atoms with Gasteiger partial charge in [0.15, 0.2) is 0 Å². The number of nitro groups is 1. The zero-order chi connectivity index (χ0) is 9.84. The van der Waals surface area contributed by atoms with Gasteiger partial charge in [-0.25, -0.2) is 0 Å². The van der Waals surface area contributed by atoms with Crippen LogP contribution in [-0.4, -0.2) is 24.1 Å². The van der Waals surface area contributed by atoms with E-state index in [1.54, 1.807) is 7.05 Å². The molecule has 0 aliphatic rings. The van der Waals surface area contributed by atoms with Crippen LogP contribution in [0.4, 0.5) is 11.4 Å². The molecule has 0 spiro atoms. The van der Waals surface area contributed by atoms with Crippen molar-refractivity contribution < 1.29 is 9.76 Å². The summed E-state index contributed by atoms with van der Waals surface area (Å²) in [5, 5.41) is 11.8. The molecule has 0 N–H and O–H groups in total. The Morgan fingerprint density at radius 1 is 1.69 bits per heavy atom. The topological polar surface area (TPSA) is 68.5 Å². The van der Waals surface area contributed by atoms with E-state index in [-0.39, 0.29) is 5.69 Å². The maximum absolute atomic E-state index is 10.5. The summed E-state index contributed by atoms with van der Waals surface area (Å²) < 4.78 is 0. The zero-order valence-electron chi connectivity index (χ0n) is 7.30. The van der Waals surface area contributed by atoms with Crippen LogP contribution in [0.5, 0.6) is 0 Å². The molecule has 6 heteroatoms. The molecule has 1 aromatic rings. The van der Waals surface area contributed by atoms with E-state index in [0.717, 1.165) is 0 Å². The predicted molar refractivity (Wildman–Crippen MR) is 46.3 cm³/mol. The Morgan fingerprint density at radius 3 is 2.92 bits per heavy atom. The summed E-state index contributed by atoms with van der Waals surface area (Å²) >= 11 is 0. The minimum absolute atomic E-state index is 0.0770. The third-order valence-electron chi connectivity index (χ3n) is 1.59. The average molecular weight is 183 g/mol. The number of rotatable bonds is 3. The summed E-state index contributed by atoms with van der Waals surface area (Å²) in [4.78, 5) is 18.5. The molecule has 0 aliphatic heterocycles. The van der Waals surface area contributed by atoms with Gasteiger partial charge in [-0.2, -0.15) is 0 Å². The van der Waals surface area contributed by atoms with Crippen LogP contribution in [0.1, 0.15) is 0 Å². The maximum atomic E-state index is 10.5. The Kier molecular flexibility index (Phi) is 2.76. The number of nitrogens with zero attached hydrogens (tertiary/aromatic N) is 3. The molecule has 0 radical (unpaired) electrons. The summed E-state index contributed by atoms with van der Waals surface area (Å²) in [6, 6.07) is 1.52. The molecule has 0 amide bonds. The summed E-state index contributed by atoms with van der Waals surface area (Å²) in [5.41, 5.74) is 0.300. The third kappa shape index (κ3) is 1.91. The van der Waals surface area contributed by atoms with Crippen molar-refractivity contribution in [2.24, 2.45) is 0 Å². The SMILES string of the molecule is CON(C)c1ccncc1[N+](=O)[O-]. The predicted octanol–water partition coefficient (Wildman–Crippen LogP) is 0.987. The van der Waals surface area contributed by atoms with Crippen LogP contribution >= 0.6 is 0 Å². The summed E-state index contributed by atoms with van der Waals surface area (Å²) in [6.07, 6.45) is 2.66. The molecular weight excluding hydrogens is 174 g/mol. The van der Waals surface area contributed by atoms with Crippen LogP contribution in [0.3, 0.4) is 0 Å². The van der Waals surface area contributed by atoms with Gasteiger partial charge in [0.05, 0.1) is 12.0 Å². The average Bonchev–Trinajstić information content (AvgIpc) is 2.16. The lowest BCUT2D eigenvalue weighted by Crippen LogP contribution is -2.16.